The van der Waals surface area contributed by atoms with Crippen LogP contribution in [0.25, 0.3) is 26.6 Å². The summed E-state index contributed by atoms with van der Waals surface area (Å²) in [7, 11) is 0. The Labute approximate surface area is 157 Å². The van der Waals surface area contributed by atoms with Gasteiger partial charge in [0.1, 0.15) is 16.9 Å². The Kier molecular flexibility index (Phi) is 3.51. The summed E-state index contributed by atoms with van der Waals surface area (Å²) in [4.78, 5) is 27.3. The molecule has 130 valence electrons. The molecule has 0 saturated heterocycles. The van der Waals surface area contributed by atoms with Gasteiger partial charge in [0.2, 0.25) is 0 Å². The van der Waals surface area contributed by atoms with Crippen molar-refractivity contribution in [3.05, 3.63) is 106 Å². The average Bonchev–Trinajstić information content (AvgIpc) is 3.09. The van der Waals surface area contributed by atoms with E-state index in [0.717, 1.165) is 15.9 Å². The lowest BCUT2D eigenvalue weighted by Crippen LogP contribution is -2.54. The quantitative estimate of drug-likeness (QED) is 0.447. The molecule has 0 aliphatic carbocycles. The van der Waals surface area contributed by atoms with Gasteiger partial charge in [0.25, 0.3) is 0 Å². The molecule has 5 rings (SSSR count). The lowest BCUT2D eigenvalue weighted by molar-refractivity contribution is -0.505. The van der Waals surface area contributed by atoms with Crippen LogP contribution in [-0.2, 0) is 0 Å². The molecule has 3 aromatic carbocycles. The highest BCUT2D eigenvalue weighted by Crippen LogP contribution is 2.21. The Balaban J connectivity index is 2.05. The molecular weight excluding hydrogens is 358 g/mol. The van der Waals surface area contributed by atoms with Crippen LogP contribution in [0.15, 0.2) is 94.5 Å². The second-order valence-electron chi connectivity index (χ2n) is 6.09. The highest BCUT2D eigenvalue weighted by Gasteiger charge is 2.26. The fourth-order valence-electron chi connectivity index (χ4n) is 3.27. The topological polar surface area (TPSA) is 48.1 Å². The number of thiazole rings is 1. The molecule has 5 nitrogen and oxygen atoms in total. The summed E-state index contributed by atoms with van der Waals surface area (Å²) < 4.78 is 5.38. The Hall–Kier alpha value is -3.51. The third-order valence-corrected chi connectivity index (χ3v) is 5.60. The SMILES string of the molecule is O=c1n(-c2ccccc2)c(=O)[n+]2c3ccccc3sc2n1-c1ccccc1. The van der Waals surface area contributed by atoms with Crippen molar-refractivity contribution in [2.45, 2.75) is 0 Å². The summed E-state index contributed by atoms with van der Waals surface area (Å²) >= 11 is 1.43. The molecule has 5 aromatic rings. The first-order valence-corrected chi connectivity index (χ1v) is 9.29. The van der Waals surface area contributed by atoms with Crippen LogP contribution in [0.1, 0.15) is 0 Å². The summed E-state index contributed by atoms with van der Waals surface area (Å²) in [6.07, 6.45) is 0. The van der Waals surface area contributed by atoms with Crippen molar-refractivity contribution in [2.75, 3.05) is 0 Å². The normalized spacial score (nSPS) is 11.3. The van der Waals surface area contributed by atoms with Gasteiger partial charge in [-0.05, 0) is 36.4 Å². The molecule has 27 heavy (non-hydrogen) atoms. The van der Waals surface area contributed by atoms with E-state index in [0.29, 0.717) is 10.6 Å². The number of benzene rings is 3. The third-order valence-electron chi connectivity index (χ3n) is 4.48. The zero-order valence-corrected chi connectivity index (χ0v) is 15.0. The van der Waals surface area contributed by atoms with Crippen LogP contribution in [0.3, 0.4) is 0 Å². The van der Waals surface area contributed by atoms with Gasteiger partial charge < -0.3 is 0 Å². The predicted molar refractivity (Wildman–Crippen MR) is 106 cm³/mol. The number of para-hydroxylation sites is 3. The second kappa shape index (κ2) is 6.03. The summed E-state index contributed by atoms with van der Waals surface area (Å²) in [5, 5.41) is 0. The highest BCUT2D eigenvalue weighted by atomic mass is 32.1. The van der Waals surface area contributed by atoms with E-state index in [1.54, 1.807) is 21.1 Å². The fourth-order valence-corrected chi connectivity index (χ4v) is 4.41. The maximum absolute atomic E-state index is 13.4. The molecule has 2 aromatic heterocycles. The molecular formula is C21H14N3O2S+. The smallest absolute Gasteiger partial charge is 0.211 e. The molecule has 0 aliphatic rings. The van der Waals surface area contributed by atoms with E-state index in [4.69, 9.17) is 0 Å². The molecule has 2 heterocycles. The van der Waals surface area contributed by atoms with E-state index in [2.05, 4.69) is 0 Å². The first kappa shape index (κ1) is 15.7. The van der Waals surface area contributed by atoms with Crippen LogP contribution in [0.4, 0.5) is 0 Å². The highest BCUT2D eigenvalue weighted by molar-refractivity contribution is 7.23. The molecule has 0 atom stereocenters. The molecule has 0 amide bonds. The number of rotatable bonds is 2. The van der Waals surface area contributed by atoms with Crippen molar-refractivity contribution in [3.63, 3.8) is 0 Å². The molecule has 0 saturated carbocycles. The monoisotopic (exact) mass is 372 g/mol. The first-order chi connectivity index (χ1) is 13.3. The molecule has 6 heteroatoms. The number of fused-ring (bicyclic) bond motifs is 3. The molecule has 0 bridgehead atoms. The minimum Gasteiger partial charge on any atom is -0.211 e. The molecule has 0 spiro atoms. The summed E-state index contributed by atoms with van der Waals surface area (Å²) in [6, 6.07) is 26.1. The zero-order chi connectivity index (χ0) is 18.4. The van der Waals surface area contributed by atoms with E-state index in [9.17, 15) is 9.59 Å². The minimum atomic E-state index is -0.385. The van der Waals surface area contributed by atoms with Gasteiger partial charge in [-0.25, -0.2) is 9.59 Å². The number of aromatic nitrogens is 3. The molecule has 0 N–H and O–H groups in total. The standard InChI is InChI=1S/C21H14N3O2S/c25-19-22(15-9-3-1-4-10-15)20(26)24-17-13-7-8-14-18(17)27-21(24)23(19)16-11-5-2-6-12-16/h1-14H/q+1. The molecule has 0 unspecified atom stereocenters. The Morgan fingerprint density at radius 3 is 1.89 bits per heavy atom. The largest absolute Gasteiger partial charge is 0.459 e. The van der Waals surface area contributed by atoms with Gasteiger partial charge in [-0.15, -0.1) is 4.57 Å². The van der Waals surface area contributed by atoms with Crippen molar-refractivity contribution in [3.8, 4) is 11.4 Å². The van der Waals surface area contributed by atoms with Crippen molar-refractivity contribution in [2.24, 2.45) is 0 Å². The van der Waals surface area contributed by atoms with Gasteiger partial charge in [0.15, 0.2) is 0 Å². The van der Waals surface area contributed by atoms with E-state index >= 15 is 0 Å². The van der Waals surface area contributed by atoms with Crippen LogP contribution in [0, 0.1) is 0 Å². The van der Waals surface area contributed by atoms with Crippen molar-refractivity contribution in [1.82, 2.24) is 9.13 Å². The van der Waals surface area contributed by atoms with E-state index in [1.807, 2.05) is 72.8 Å². The predicted octanol–water partition coefficient (Wildman–Crippen LogP) is 2.94. The van der Waals surface area contributed by atoms with Crippen LogP contribution >= 0.6 is 11.3 Å². The second-order valence-corrected chi connectivity index (χ2v) is 7.10. The van der Waals surface area contributed by atoms with Gasteiger partial charge in [-0.1, -0.05) is 59.9 Å². The molecule has 0 radical (unpaired) electrons. The number of nitrogens with zero attached hydrogens (tertiary/aromatic N) is 3. The minimum absolute atomic E-state index is 0.370. The fraction of sp³-hybridized carbons (Fsp3) is 0. The van der Waals surface area contributed by atoms with Crippen LogP contribution < -0.4 is 15.8 Å². The number of hydrogen-bond donors (Lipinski definition) is 0. The van der Waals surface area contributed by atoms with Crippen LogP contribution in [0.5, 0.6) is 0 Å². The molecule has 0 fully saturated rings. The Bertz CT molecular complexity index is 1400. The van der Waals surface area contributed by atoms with Gasteiger partial charge in [-0.3, -0.25) is 0 Å². The van der Waals surface area contributed by atoms with E-state index in [-0.39, 0.29) is 11.4 Å². The van der Waals surface area contributed by atoms with Crippen molar-refractivity contribution in [1.29, 1.82) is 0 Å². The summed E-state index contributed by atoms with van der Waals surface area (Å²) in [5.41, 5.74) is 1.30. The van der Waals surface area contributed by atoms with Gasteiger partial charge in [0, 0.05) is 0 Å². The summed E-state index contributed by atoms with van der Waals surface area (Å²) in [5.74, 6) is 0. The van der Waals surface area contributed by atoms with Gasteiger partial charge >= 0.3 is 16.3 Å². The van der Waals surface area contributed by atoms with Crippen LogP contribution in [0.2, 0.25) is 0 Å². The van der Waals surface area contributed by atoms with E-state index < -0.39 is 0 Å². The zero-order valence-electron chi connectivity index (χ0n) is 14.1. The number of hydrogen-bond acceptors (Lipinski definition) is 3. The maximum Gasteiger partial charge on any atom is 0.459 e. The van der Waals surface area contributed by atoms with E-state index in [1.165, 1.54) is 15.9 Å². The van der Waals surface area contributed by atoms with Crippen LogP contribution in [-0.4, -0.2) is 9.13 Å². The first-order valence-electron chi connectivity index (χ1n) is 8.48. The lowest BCUT2D eigenvalue weighted by Gasteiger charge is -2.05. The Morgan fingerprint density at radius 2 is 1.22 bits per heavy atom. The van der Waals surface area contributed by atoms with Gasteiger partial charge in [0.05, 0.1) is 4.70 Å². The van der Waals surface area contributed by atoms with Crippen molar-refractivity contribution < 1.29 is 4.40 Å². The van der Waals surface area contributed by atoms with Crippen molar-refractivity contribution >= 4 is 26.5 Å². The average molecular weight is 372 g/mol. The summed E-state index contributed by atoms with van der Waals surface area (Å²) in [6.45, 7) is 0. The Morgan fingerprint density at radius 1 is 0.667 bits per heavy atom. The van der Waals surface area contributed by atoms with Gasteiger partial charge in [-0.2, -0.15) is 8.97 Å². The molecule has 0 aliphatic heterocycles. The maximum atomic E-state index is 13.4. The third kappa shape index (κ3) is 2.34. The lowest BCUT2D eigenvalue weighted by atomic mass is 10.3.